The Kier molecular flexibility index (Phi) is 3.94. The maximum Gasteiger partial charge on any atom is 0.141 e. The van der Waals surface area contributed by atoms with Crippen LogP contribution < -0.4 is 4.74 Å². The lowest BCUT2D eigenvalue weighted by Gasteiger charge is -2.03. The van der Waals surface area contributed by atoms with Gasteiger partial charge in [-0.25, -0.2) is 9.97 Å². The summed E-state index contributed by atoms with van der Waals surface area (Å²) in [4.78, 5) is 12.3. The van der Waals surface area contributed by atoms with Gasteiger partial charge in [-0.15, -0.1) is 0 Å². The van der Waals surface area contributed by atoms with Crippen LogP contribution in [0, 0.1) is 6.92 Å². The van der Waals surface area contributed by atoms with Gasteiger partial charge in [0.15, 0.2) is 0 Å². The van der Waals surface area contributed by atoms with Crippen molar-refractivity contribution in [3.05, 3.63) is 77.7 Å². The van der Waals surface area contributed by atoms with Gasteiger partial charge in [-0.2, -0.15) is 0 Å². The van der Waals surface area contributed by atoms with Gasteiger partial charge in [-0.05, 0) is 30.7 Å². The maximum absolute atomic E-state index is 5.32. The molecule has 0 radical (unpaired) electrons. The zero-order valence-corrected chi connectivity index (χ0v) is 14.3. The first kappa shape index (κ1) is 15.4. The molecule has 2 aromatic heterocycles. The molecule has 4 heteroatoms. The van der Waals surface area contributed by atoms with Crippen LogP contribution in [0.25, 0.3) is 22.3 Å². The van der Waals surface area contributed by atoms with Gasteiger partial charge in [-0.3, -0.25) is 0 Å². The monoisotopic (exact) mass is 329 g/mol. The van der Waals surface area contributed by atoms with Crippen LogP contribution >= 0.6 is 0 Å². The van der Waals surface area contributed by atoms with Gasteiger partial charge in [0, 0.05) is 23.1 Å². The minimum Gasteiger partial charge on any atom is -0.497 e. The molecule has 0 aliphatic carbocycles. The van der Waals surface area contributed by atoms with E-state index >= 15 is 0 Å². The predicted molar refractivity (Wildman–Crippen MR) is 99.9 cm³/mol. The van der Waals surface area contributed by atoms with Crippen molar-refractivity contribution in [3.63, 3.8) is 0 Å². The smallest absolute Gasteiger partial charge is 0.141 e. The maximum atomic E-state index is 5.32. The number of methoxy groups -OCH3 is 1. The number of H-pyrrole nitrogens is 1. The highest BCUT2D eigenvalue weighted by Crippen LogP contribution is 2.27. The third kappa shape index (κ3) is 3.11. The van der Waals surface area contributed by atoms with Crippen molar-refractivity contribution in [2.45, 2.75) is 13.3 Å². The molecule has 0 unspecified atom stereocenters. The van der Waals surface area contributed by atoms with E-state index in [0.717, 1.165) is 40.2 Å². The molecule has 0 spiro atoms. The number of hydrogen-bond donors (Lipinski definition) is 1. The Morgan fingerprint density at radius 2 is 1.88 bits per heavy atom. The Labute approximate surface area is 146 Å². The third-order valence-corrected chi connectivity index (χ3v) is 4.34. The molecule has 4 nitrogen and oxygen atoms in total. The van der Waals surface area contributed by atoms with Gasteiger partial charge in [0.25, 0.3) is 0 Å². The number of nitrogens with zero attached hydrogens (tertiary/aromatic N) is 2. The average molecular weight is 329 g/mol. The highest BCUT2D eigenvalue weighted by atomic mass is 16.5. The Morgan fingerprint density at radius 3 is 2.72 bits per heavy atom. The Hall–Kier alpha value is -3.14. The van der Waals surface area contributed by atoms with E-state index in [4.69, 9.17) is 4.74 Å². The molecule has 0 bridgehead atoms. The summed E-state index contributed by atoms with van der Waals surface area (Å²) < 4.78 is 5.32. The molecule has 4 aromatic rings. The van der Waals surface area contributed by atoms with Crippen LogP contribution in [0.3, 0.4) is 0 Å². The minimum absolute atomic E-state index is 0.788. The molecule has 0 amide bonds. The first-order valence-electron chi connectivity index (χ1n) is 8.25. The number of nitrogens with one attached hydrogen (secondary N) is 1. The van der Waals surface area contributed by atoms with Crippen molar-refractivity contribution in [1.29, 1.82) is 0 Å². The topological polar surface area (TPSA) is 50.8 Å². The van der Waals surface area contributed by atoms with Gasteiger partial charge in [0.1, 0.15) is 17.7 Å². The van der Waals surface area contributed by atoms with Crippen LogP contribution in [0.4, 0.5) is 0 Å². The van der Waals surface area contributed by atoms with Crippen LogP contribution in [0.1, 0.15) is 16.8 Å². The quantitative estimate of drug-likeness (QED) is 0.598. The van der Waals surface area contributed by atoms with Crippen LogP contribution in [0.5, 0.6) is 5.75 Å². The van der Waals surface area contributed by atoms with Crippen LogP contribution in [-0.4, -0.2) is 22.1 Å². The van der Waals surface area contributed by atoms with Crippen LogP contribution in [-0.2, 0) is 6.42 Å². The van der Waals surface area contributed by atoms with Gasteiger partial charge in [0.05, 0.1) is 12.8 Å². The highest BCUT2D eigenvalue weighted by Gasteiger charge is 2.10. The standard InChI is InChI=1S/C21H19N3O/c1-14-5-3-6-15(9-14)10-20-18-12-19(24-21(18)23-13-22-20)16-7-4-8-17(11-16)25-2/h3-9,11-13H,10H2,1-2H3,(H,22,23,24). The minimum atomic E-state index is 0.788. The molecule has 1 N–H and O–H groups in total. The van der Waals surface area contributed by atoms with E-state index in [1.807, 2.05) is 18.2 Å². The van der Waals surface area contributed by atoms with Crippen molar-refractivity contribution in [3.8, 4) is 17.0 Å². The van der Waals surface area contributed by atoms with Gasteiger partial charge in [0.2, 0.25) is 0 Å². The van der Waals surface area contributed by atoms with E-state index in [0.29, 0.717) is 0 Å². The number of fused-ring (bicyclic) bond motifs is 1. The van der Waals surface area contributed by atoms with Crippen molar-refractivity contribution in [2.24, 2.45) is 0 Å². The molecule has 25 heavy (non-hydrogen) atoms. The largest absolute Gasteiger partial charge is 0.497 e. The van der Waals surface area contributed by atoms with Crippen molar-refractivity contribution >= 4 is 11.0 Å². The first-order chi connectivity index (χ1) is 12.2. The van der Waals surface area contributed by atoms with E-state index < -0.39 is 0 Å². The number of aryl methyl sites for hydroxylation is 1. The summed E-state index contributed by atoms with van der Waals surface area (Å²) in [7, 11) is 1.68. The lowest BCUT2D eigenvalue weighted by molar-refractivity contribution is 0.415. The van der Waals surface area contributed by atoms with Crippen LogP contribution in [0.2, 0.25) is 0 Å². The van der Waals surface area contributed by atoms with Crippen molar-refractivity contribution < 1.29 is 4.74 Å². The fourth-order valence-electron chi connectivity index (χ4n) is 3.09. The summed E-state index contributed by atoms with van der Waals surface area (Å²) in [6.07, 6.45) is 2.41. The normalized spacial score (nSPS) is 11.0. The fraction of sp³-hybridized carbons (Fsp3) is 0.143. The second kappa shape index (κ2) is 6.40. The summed E-state index contributed by atoms with van der Waals surface area (Å²) >= 11 is 0. The van der Waals surface area contributed by atoms with Crippen molar-refractivity contribution in [2.75, 3.05) is 7.11 Å². The summed E-state index contributed by atoms with van der Waals surface area (Å²) in [5, 5.41) is 1.06. The summed E-state index contributed by atoms with van der Waals surface area (Å²) in [5.41, 5.74) is 6.48. The SMILES string of the molecule is COc1cccc(-c2cc3c(Cc4cccc(C)c4)ncnc3[nH]2)c1. The van der Waals surface area contributed by atoms with Gasteiger partial charge < -0.3 is 9.72 Å². The molecule has 0 fully saturated rings. The van der Waals surface area contributed by atoms with E-state index in [1.54, 1.807) is 13.4 Å². The number of aromatic nitrogens is 3. The second-order valence-electron chi connectivity index (χ2n) is 6.16. The molecular weight excluding hydrogens is 310 g/mol. The molecule has 2 aromatic carbocycles. The zero-order chi connectivity index (χ0) is 17.2. The Morgan fingerprint density at radius 1 is 1.00 bits per heavy atom. The predicted octanol–water partition coefficient (Wildman–Crippen LogP) is 4.53. The van der Waals surface area contributed by atoms with E-state index in [2.05, 4.69) is 58.3 Å². The zero-order valence-electron chi connectivity index (χ0n) is 14.3. The molecule has 0 saturated heterocycles. The van der Waals surface area contributed by atoms with Gasteiger partial charge in [-0.1, -0.05) is 42.0 Å². The molecule has 0 saturated carbocycles. The molecule has 0 atom stereocenters. The molecule has 4 rings (SSSR count). The number of ether oxygens (including phenoxy) is 1. The van der Waals surface area contributed by atoms with E-state index in [-0.39, 0.29) is 0 Å². The third-order valence-electron chi connectivity index (χ3n) is 4.34. The van der Waals surface area contributed by atoms with Crippen LogP contribution in [0.15, 0.2) is 60.9 Å². The first-order valence-corrected chi connectivity index (χ1v) is 8.25. The Bertz CT molecular complexity index is 1040. The average Bonchev–Trinajstić information content (AvgIpc) is 3.07. The second-order valence-corrected chi connectivity index (χ2v) is 6.16. The van der Waals surface area contributed by atoms with E-state index in [9.17, 15) is 0 Å². The fourth-order valence-corrected chi connectivity index (χ4v) is 3.09. The lowest BCUT2D eigenvalue weighted by Crippen LogP contribution is -1.94. The van der Waals surface area contributed by atoms with Gasteiger partial charge >= 0.3 is 0 Å². The molecule has 2 heterocycles. The summed E-state index contributed by atoms with van der Waals surface area (Å²) in [6, 6.07) is 18.6. The number of benzene rings is 2. The number of aromatic amines is 1. The molecule has 0 aliphatic heterocycles. The summed E-state index contributed by atoms with van der Waals surface area (Å²) in [6.45, 7) is 2.11. The molecular formula is C21H19N3O. The number of rotatable bonds is 4. The lowest BCUT2D eigenvalue weighted by atomic mass is 10.0. The highest BCUT2D eigenvalue weighted by molar-refractivity contribution is 5.85. The summed E-state index contributed by atoms with van der Waals surface area (Å²) in [5.74, 6) is 0.835. The molecule has 0 aliphatic rings. The Balaban J connectivity index is 1.75. The van der Waals surface area contributed by atoms with Crippen molar-refractivity contribution in [1.82, 2.24) is 15.0 Å². The molecule has 124 valence electrons. The number of hydrogen-bond acceptors (Lipinski definition) is 3. The van der Waals surface area contributed by atoms with E-state index in [1.165, 1.54) is 11.1 Å².